The van der Waals surface area contributed by atoms with Crippen LogP contribution in [-0.2, 0) is 0 Å². The third-order valence-corrected chi connectivity index (χ3v) is 5.82. The van der Waals surface area contributed by atoms with E-state index in [0.29, 0.717) is 0 Å². The van der Waals surface area contributed by atoms with Crippen molar-refractivity contribution in [3.8, 4) is 16.9 Å². The molecule has 0 radical (unpaired) electrons. The van der Waals surface area contributed by atoms with Crippen LogP contribution in [0.25, 0.3) is 11.1 Å². The van der Waals surface area contributed by atoms with Crippen molar-refractivity contribution < 1.29 is 3.79 Å². The van der Waals surface area contributed by atoms with Gasteiger partial charge in [-0.05, 0) is 12.0 Å². The molecular formula is C18H19AlCl2N2O. The highest BCUT2D eigenvalue weighted by molar-refractivity contribution is 7.31. The molecule has 6 heteroatoms. The third kappa shape index (κ3) is 3.20. The van der Waals surface area contributed by atoms with Crippen LogP contribution in [0, 0.1) is 0 Å². The Morgan fingerprint density at radius 3 is 2.25 bits per heavy atom. The van der Waals surface area contributed by atoms with Crippen LogP contribution >= 0.6 is 20.1 Å². The van der Waals surface area contributed by atoms with Crippen molar-refractivity contribution in [3.63, 3.8) is 0 Å². The normalized spacial score (nSPS) is 25.5. The zero-order valence-corrected chi connectivity index (χ0v) is 16.0. The zero-order valence-electron chi connectivity index (χ0n) is 13.4. The van der Waals surface area contributed by atoms with Gasteiger partial charge in [0.15, 0.2) is 0 Å². The smallest absolute Gasteiger partial charge is 0.619 e. The van der Waals surface area contributed by atoms with Crippen molar-refractivity contribution in [2.45, 2.75) is 12.6 Å². The van der Waals surface area contributed by atoms with E-state index in [4.69, 9.17) is 23.9 Å². The summed E-state index contributed by atoms with van der Waals surface area (Å²) in [5, 5.41) is 0. The maximum Gasteiger partial charge on any atom is 0.815 e. The molecule has 0 saturated carbocycles. The average Bonchev–Trinajstić information content (AvgIpc) is 2.84. The lowest BCUT2D eigenvalue weighted by Gasteiger charge is -2.36. The maximum atomic E-state index is 6.13. The first-order valence-electron chi connectivity index (χ1n) is 8.35. The fourth-order valence-electron chi connectivity index (χ4n) is 3.89. The van der Waals surface area contributed by atoms with Gasteiger partial charge in [-0.3, -0.25) is 9.80 Å². The van der Waals surface area contributed by atoms with E-state index in [2.05, 4.69) is 40.1 Å². The van der Waals surface area contributed by atoms with E-state index < -0.39 is 12.6 Å². The molecule has 2 aliphatic heterocycles. The minimum atomic E-state index is -2.24. The lowest BCUT2D eigenvalue weighted by Crippen LogP contribution is -2.38. The summed E-state index contributed by atoms with van der Waals surface area (Å²) in [6.07, 6.45) is 1.51. The molecule has 0 spiro atoms. The van der Waals surface area contributed by atoms with E-state index in [-0.39, 0.29) is 6.17 Å². The van der Waals surface area contributed by atoms with Crippen molar-refractivity contribution >= 4 is 32.7 Å². The molecule has 2 bridgehead atoms. The Balaban J connectivity index is 1.82. The Morgan fingerprint density at radius 2 is 1.58 bits per heavy atom. The number of hydrogen-bond donors (Lipinski definition) is 0. The van der Waals surface area contributed by atoms with Crippen LogP contribution in [-0.4, -0.2) is 48.6 Å². The van der Waals surface area contributed by atoms with Crippen LogP contribution in [0.1, 0.15) is 18.2 Å². The van der Waals surface area contributed by atoms with E-state index in [1.807, 2.05) is 18.2 Å². The lowest BCUT2D eigenvalue weighted by atomic mass is 9.99. The molecule has 24 heavy (non-hydrogen) atoms. The van der Waals surface area contributed by atoms with Crippen LogP contribution in [0.3, 0.4) is 0 Å². The first kappa shape index (κ1) is 16.7. The van der Waals surface area contributed by atoms with Crippen molar-refractivity contribution in [2.24, 2.45) is 0 Å². The number of para-hydroxylation sites is 1. The molecule has 2 atom stereocenters. The van der Waals surface area contributed by atoms with Crippen LogP contribution in [0.15, 0.2) is 48.5 Å². The fraction of sp³-hybridized carbons (Fsp3) is 0.333. The molecule has 0 aromatic heterocycles. The standard InChI is InChI=1S/C18H20N2O.Al.2ClH/c21-17-15(14-6-2-1-3-7-14)8-4-9-16(17)18-19-10-5-11-20(18)13-12-19;;;/h1-4,6-9,18,21H,5,10-13H2;;2*1H/q;+3;;/p-3. The van der Waals surface area contributed by atoms with Gasteiger partial charge >= 0.3 is 12.6 Å². The molecule has 2 aliphatic rings. The highest BCUT2D eigenvalue weighted by Crippen LogP contribution is 2.43. The number of rotatable bonds is 4. The minimum Gasteiger partial charge on any atom is -0.619 e. The van der Waals surface area contributed by atoms with Crippen LogP contribution in [0.4, 0.5) is 0 Å². The van der Waals surface area contributed by atoms with Gasteiger partial charge in [0.2, 0.25) is 0 Å². The molecule has 0 amide bonds. The first-order valence-corrected chi connectivity index (χ1v) is 12.3. The zero-order chi connectivity index (χ0) is 16.5. The quantitative estimate of drug-likeness (QED) is 0.743. The van der Waals surface area contributed by atoms with Gasteiger partial charge in [-0.1, -0.05) is 48.5 Å². The topological polar surface area (TPSA) is 15.7 Å². The summed E-state index contributed by atoms with van der Waals surface area (Å²) in [6.45, 7) is 4.50. The number of fused-ring (bicyclic) bond motifs is 2. The van der Waals surface area contributed by atoms with Gasteiger partial charge in [-0.15, -0.1) is 0 Å². The second-order valence-corrected chi connectivity index (χ2v) is 10.1. The molecule has 0 aliphatic carbocycles. The fourth-order valence-corrected chi connectivity index (χ4v) is 4.87. The monoisotopic (exact) mass is 376 g/mol. The molecule has 2 saturated heterocycles. The Labute approximate surface area is 155 Å². The largest absolute Gasteiger partial charge is 0.815 e. The molecule has 2 heterocycles. The van der Waals surface area contributed by atoms with Crippen molar-refractivity contribution in [2.75, 3.05) is 26.2 Å². The molecule has 2 aromatic rings. The van der Waals surface area contributed by atoms with Gasteiger partial charge in [0.1, 0.15) is 0 Å². The Hall–Kier alpha value is -0.728. The van der Waals surface area contributed by atoms with Crippen LogP contribution < -0.4 is 3.79 Å². The molecule has 3 nitrogen and oxygen atoms in total. The highest BCUT2D eigenvalue weighted by Gasteiger charge is 2.38. The maximum absolute atomic E-state index is 6.13. The second-order valence-electron chi connectivity index (χ2n) is 6.27. The molecule has 2 unspecified atom stereocenters. The Morgan fingerprint density at radius 1 is 0.875 bits per heavy atom. The predicted molar refractivity (Wildman–Crippen MR) is 100 cm³/mol. The predicted octanol–water partition coefficient (Wildman–Crippen LogP) is 4.21. The molecule has 124 valence electrons. The molecule has 4 rings (SSSR count). The van der Waals surface area contributed by atoms with Crippen LogP contribution in [0.5, 0.6) is 5.75 Å². The summed E-state index contributed by atoms with van der Waals surface area (Å²) in [4.78, 5) is 5.05. The average molecular weight is 377 g/mol. The summed E-state index contributed by atoms with van der Waals surface area (Å²) >= 11 is -2.24. The number of hydrogen-bond acceptors (Lipinski definition) is 3. The lowest BCUT2D eigenvalue weighted by molar-refractivity contribution is 0.0915. The van der Waals surface area contributed by atoms with Crippen molar-refractivity contribution in [1.82, 2.24) is 9.80 Å². The first-order chi connectivity index (χ1) is 11.7. The summed E-state index contributed by atoms with van der Waals surface area (Å²) in [7, 11) is 12.3. The van der Waals surface area contributed by atoms with Crippen LogP contribution in [0.2, 0.25) is 0 Å². The number of nitrogens with zero attached hydrogens (tertiary/aromatic N) is 2. The summed E-state index contributed by atoms with van der Waals surface area (Å²) in [6, 6.07) is 16.7. The summed E-state index contributed by atoms with van der Waals surface area (Å²) < 4.78 is 6.02. The molecule has 2 aromatic carbocycles. The summed E-state index contributed by atoms with van der Waals surface area (Å²) in [5.74, 6) is 0.856. The third-order valence-electron chi connectivity index (χ3n) is 4.87. The van der Waals surface area contributed by atoms with Gasteiger partial charge in [0.25, 0.3) is 0 Å². The van der Waals surface area contributed by atoms with E-state index >= 15 is 0 Å². The number of benzene rings is 2. The van der Waals surface area contributed by atoms with Crippen molar-refractivity contribution in [3.05, 3.63) is 54.1 Å². The van der Waals surface area contributed by atoms with Gasteiger partial charge in [-0.2, -0.15) is 20.1 Å². The van der Waals surface area contributed by atoms with Gasteiger partial charge in [0, 0.05) is 37.3 Å². The van der Waals surface area contributed by atoms with E-state index in [0.717, 1.165) is 43.1 Å². The van der Waals surface area contributed by atoms with Gasteiger partial charge < -0.3 is 3.79 Å². The van der Waals surface area contributed by atoms with Gasteiger partial charge in [0.05, 0.1) is 11.9 Å². The SMILES string of the molecule is [Cl][Al]([Cl])[O]c1c(-c2ccccc2)cccc1C1N2CCCN1CC2. The Bertz CT molecular complexity index is 697. The van der Waals surface area contributed by atoms with E-state index in [1.165, 1.54) is 12.0 Å². The highest BCUT2D eigenvalue weighted by atomic mass is 35.7. The molecule has 0 N–H and O–H groups in total. The van der Waals surface area contributed by atoms with Gasteiger partial charge in [-0.25, -0.2) is 0 Å². The second kappa shape index (κ2) is 7.25. The number of halogens is 2. The molecular weight excluding hydrogens is 358 g/mol. The van der Waals surface area contributed by atoms with Crippen molar-refractivity contribution in [1.29, 1.82) is 0 Å². The van der Waals surface area contributed by atoms with E-state index in [1.54, 1.807) is 0 Å². The minimum absolute atomic E-state index is 0.276. The summed E-state index contributed by atoms with van der Waals surface area (Å²) in [5.41, 5.74) is 3.39. The Kier molecular flexibility index (Phi) is 5.06. The van der Waals surface area contributed by atoms with E-state index in [9.17, 15) is 0 Å². The molecule has 2 fully saturated rings.